The van der Waals surface area contributed by atoms with E-state index in [1.54, 1.807) is 0 Å². The first-order chi connectivity index (χ1) is 13.1. The molecule has 0 radical (unpaired) electrons. The quantitative estimate of drug-likeness (QED) is 0.503. The molecule has 2 aromatic carbocycles. The van der Waals surface area contributed by atoms with Gasteiger partial charge in [-0.05, 0) is 49.6 Å². The van der Waals surface area contributed by atoms with Gasteiger partial charge in [-0.15, -0.1) is 11.3 Å². The summed E-state index contributed by atoms with van der Waals surface area (Å²) in [7, 11) is 0. The number of nitrogens with one attached hydrogen (secondary N) is 2. The predicted octanol–water partition coefficient (Wildman–Crippen LogP) is 5.89. The lowest BCUT2D eigenvalue weighted by Crippen LogP contribution is -2.13. The van der Waals surface area contributed by atoms with Crippen molar-refractivity contribution in [1.29, 1.82) is 0 Å². The first-order valence-electron chi connectivity index (χ1n) is 9.27. The van der Waals surface area contributed by atoms with Crippen LogP contribution < -0.4 is 10.6 Å². The van der Waals surface area contributed by atoms with E-state index in [4.69, 9.17) is 0 Å². The average molecular weight is 380 g/mol. The normalized spacial score (nSPS) is 10.6. The molecule has 140 valence electrons. The van der Waals surface area contributed by atoms with Crippen LogP contribution >= 0.6 is 11.3 Å². The van der Waals surface area contributed by atoms with Crippen LogP contribution in [0.1, 0.15) is 40.7 Å². The zero-order valence-corrected chi connectivity index (χ0v) is 16.8. The highest BCUT2D eigenvalue weighted by atomic mass is 32.1. The monoisotopic (exact) mass is 379 g/mol. The van der Waals surface area contributed by atoms with Crippen molar-refractivity contribution in [3.05, 3.63) is 64.7 Å². The van der Waals surface area contributed by atoms with Gasteiger partial charge in [-0.2, -0.15) is 0 Å². The molecule has 1 aromatic heterocycles. The van der Waals surface area contributed by atoms with E-state index in [0.29, 0.717) is 10.7 Å². The van der Waals surface area contributed by atoms with Crippen LogP contribution in [0.5, 0.6) is 0 Å². The predicted molar refractivity (Wildman–Crippen MR) is 115 cm³/mol. The molecular formula is C22H25N3OS. The number of unbranched alkanes of at least 4 members (excludes halogenated alkanes) is 1. The fraction of sp³-hybridized carbons (Fsp3) is 0.273. The molecule has 0 aliphatic rings. The highest BCUT2D eigenvalue weighted by Crippen LogP contribution is 2.29. The van der Waals surface area contributed by atoms with E-state index in [0.717, 1.165) is 46.8 Å². The van der Waals surface area contributed by atoms with Gasteiger partial charge < -0.3 is 5.32 Å². The largest absolute Gasteiger partial charge is 0.385 e. The van der Waals surface area contributed by atoms with Gasteiger partial charge in [0.25, 0.3) is 5.91 Å². The maximum absolute atomic E-state index is 12.9. The van der Waals surface area contributed by atoms with Crippen molar-refractivity contribution in [2.24, 2.45) is 0 Å². The van der Waals surface area contributed by atoms with E-state index in [2.05, 4.69) is 28.6 Å². The Kier molecular flexibility index (Phi) is 6.24. The molecule has 0 aliphatic heterocycles. The van der Waals surface area contributed by atoms with E-state index < -0.39 is 0 Å². The summed E-state index contributed by atoms with van der Waals surface area (Å²) in [6.45, 7) is 7.06. The molecule has 1 amide bonds. The zero-order chi connectivity index (χ0) is 19.2. The van der Waals surface area contributed by atoms with Crippen LogP contribution in [0.2, 0.25) is 0 Å². The standard InChI is InChI=1S/C22H25N3OS/c1-4-5-13-23-18-11-12-19(20(14-18)17-9-7-6-8-10-17)21(26)25-22-24-15(2)16(3)27-22/h6-12,14,23H,4-5,13H2,1-3H3,(H,24,25,26). The molecule has 2 N–H and O–H groups in total. The Morgan fingerprint density at radius 1 is 1.11 bits per heavy atom. The second kappa shape index (κ2) is 8.82. The Balaban J connectivity index is 1.91. The molecule has 0 aliphatic carbocycles. The smallest absolute Gasteiger partial charge is 0.258 e. The Hall–Kier alpha value is -2.66. The fourth-order valence-electron chi connectivity index (χ4n) is 2.81. The second-order valence-electron chi connectivity index (χ2n) is 6.52. The summed E-state index contributed by atoms with van der Waals surface area (Å²) in [6.07, 6.45) is 2.26. The number of carbonyl (C=O) groups excluding carboxylic acids is 1. The number of nitrogens with zero attached hydrogens (tertiary/aromatic N) is 1. The van der Waals surface area contributed by atoms with Crippen molar-refractivity contribution in [2.75, 3.05) is 17.2 Å². The minimum atomic E-state index is -0.136. The molecule has 0 spiro atoms. The van der Waals surface area contributed by atoms with Crippen molar-refractivity contribution in [2.45, 2.75) is 33.6 Å². The van der Waals surface area contributed by atoms with Crippen LogP contribution in [0.4, 0.5) is 10.8 Å². The molecule has 0 atom stereocenters. The number of carbonyl (C=O) groups is 1. The lowest BCUT2D eigenvalue weighted by molar-refractivity contribution is 0.102. The number of rotatable bonds is 7. The van der Waals surface area contributed by atoms with Gasteiger partial charge in [0.1, 0.15) is 0 Å². The summed E-state index contributed by atoms with van der Waals surface area (Å²) in [5.74, 6) is -0.136. The highest BCUT2D eigenvalue weighted by molar-refractivity contribution is 7.15. The lowest BCUT2D eigenvalue weighted by atomic mass is 9.98. The first-order valence-corrected chi connectivity index (χ1v) is 10.1. The van der Waals surface area contributed by atoms with Gasteiger partial charge >= 0.3 is 0 Å². The molecule has 3 aromatic rings. The van der Waals surface area contributed by atoms with Crippen LogP contribution in [-0.4, -0.2) is 17.4 Å². The zero-order valence-electron chi connectivity index (χ0n) is 16.0. The Labute approximate surface area is 164 Å². The van der Waals surface area contributed by atoms with Gasteiger partial charge in [-0.3, -0.25) is 10.1 Å². The molecule has 0 saturated carbocycles. The summed E-state index contributed by atoms with van der Waals surface area (Å²) in [5, 5.41) is 7.03. The molecule has 0 unspecified atom stereocenters. The molecule has 5 heteroatoms. The summed E-state index contributed by atoms with van der Waals surface area (Å²) in [4.78, 5) is 18.5. The second-order valence-corrected chi connectivity index (χ2v) is 7.72. The minimum Gasteiger partial charge on any atom is -0.385 e. The van der Waals surface area contributed by atoms with Gasteiger partial charge in [-0.1, -0.05) is 43.7 Å². The minimum absolute atomic E-state index is 0.136. The number of thiazole rings is 1. The van der Waals surface area contributed by atoms with E-state index in [-0.39, 0.29) is 5.91 Å². The number of aromatic nitrogens is 1. The van der Waals surface area contributed by atoms with Crippen molar-refractivity contribution < 1.29 is 4.79 Å². The van der Waals surface area contributed by atoms with Gasteiger partial charge in [0, 0.05) is 22.7 Å². The maximum Gasteiger partial charge on any atom is 0.258 e. The third-order valence-corrected chi connectivity index (χ3v) is 5.45. The van der Waals surface area contributed by atoms with Gasteiger partial charge in [0.05, 0.1) is 5.69 Å². The highest BCUT2D eigenvalue weighted by Gasteiger charge is 2.16. The molecule has 4 nitrogen and oxygen atoms in total. The van der Waals surface area contributed by atoms with Gasteiger partial charge in [0.15, 0.2) is 5.13 Å². The van der Waals surface area contributed by atoms with Crippen LogP contribution in [0.25, 0.3) is 11.1 Å². The number of hydrogen-bond acceptors (Lipinski definition) is 4. The van der Waals surface area contributed by atoms with Crippen molar-refractivity contribution in [3.8, 4) is 11.1 Å². The van der Waals surface area contributed by atoms with Gasteiger partial charge in [-0.25, -0.2) is 4.98 Å². The molecule has 0 fully saturated rings. The third-order valence-electron chi connectivity index (χ3n) is 4.46. The number of hydrogen-bond donors (Lipinski definition) is 2. The van der Waals surface area contributed by atoms with E-state index >= 15 is 0 Å². The van der Waals surface area contributed by atoms with Gasteiger partial charge in [0.2, 0.25) is 0 Å². The number of aryl methyl sites for hydroxylation is 2. The van der Waals surface area contributed by atoms with E-state index in [1.165, 1.54) is 11.3 Å². The van der Waals surface area contributed by atoms with Crippen molar-refractivity contribution in [1.82, 2.24) is 4.98 Å². The van der Waals surface area contributed by atoms with Crippen LogP contribution in [0.15, 0.2) is 48.5 Å². The van der Waals surface area contributed by atoms with Crippen LogP contribution in [0.3, 0.4) is 0 Å². The summed E-state index contributed by atoms with van der Waals surface area (Å²) < 4.78 is 0. The Morgan fingerprint density at radius 3 is 2.56 bits per heavy atom. The molecule has 1 heterocycles. The molecule has 27 heavy (non-hydrogen) atoms. The number of anilines is 2. The first kappa shape index (κ1) is 19.1. The summed E-state index contributed by atoms with van der Waals surface area (Å²) >= 11 is 1.50. The summed E-state index contributed by atoms with van der Waals surface area (Å²) in [6, 6.07) is 15.9. The molecule has 3 rings (SSSR count). The van der Waals surface area contributed by atoms with E-state index in [9.17, 15) is 4.79 Å². The van der Waals surface area contributed by atoms with E-state index in [1.807, 2.05) is 56.3 Å². The summed E-state index contributed by atoms with van der Waals surface area (Å²) in [5.41, 5.74) is 4.56. The Morgan fingerprint density at radius 2 is 1.89 bits per heavy atom. The third kappa shape index (κ3) is 4.74. The maximum atomic E-state index is 12.9. The number of benzene rings is 2. The molecular weight excluding hydrogens is 354 g/mol. The van der Waals surface area contributed by atoms with Crippen molar-refractivity contribution in [3.63, 3.8) is 0 Å². The lowest BCUT2D eigenvalue weighted by Gasteiger charge is -2.13. The topological polar surface area (TPSA) is 54.0 Å². The van der Waals surface area contributed by atoms with Crippen LogP contribution in [0, 0.1) is 13.8 Å². The fourth-order valence-corrected chi connectivity index (χ4v) is 3.62. The molecule has 0 bridgehead atoms. The van der Waals surface area contributed by atoms with Crippen LogP contribution in [-0.2, 0) is 0 Å². The average Bonchev–Trinajstić information content (AvgIpc) is 2.99. The SMILES string of the molecule is CCCCNc1ccc(C(=O)Nc2nc(C)c(C)s2)c(-c2ccccc2)c1. The number of amides is 1. The van der Waals surface area contributed by atoms with Crippen molar-refractivity contribution >= 4 is 28.1 Å². The molecule has 0 saturated heterocycles. The Bertz CT molecular complexity index is 899.